The maximum absolute atomic E-state index is 12.9. The number of hydrogen-bond acceptors (Lipinski definition) is 3. The van der Waals surface area contributed by atoms with Crippen molar-refractivity contribution in [3.8, 4) is 6.07 Å². The van der Waals surface area contributed by atoms with Gasteiger partial charge in [0.2, 0.25) is 5.91 Å². The Morgan fingerprint density at radius 2 is 1.96 bits per heavy atom. The van der Waals surface area contributed by atoms with Crippen molar-refractivity contribution in [2.45, 2.75) is 25.4 Å². The van der Waals surface area contributed by atoms with Crippen LogP contribution in [0.5, 0.6) is 0 Å². The Morgan fingerprint density at radius 1 is 1.30 bits per heavy atom. The maximum Gasteiger partial charge on any atom is 0.418 e. The minimum Gasteiger partial charge on any atom is -0.325 e. The zero-order chi connectivity index (χ0) is 16.9. The lowest BCUT2D eigenvalue weighted by Gasteiger charge is -2.30. The fraction of sp³-hybridized carbons (Fsp3) is 0.500. The molecule has 124 valence electrons. The first-order valence-electron chi connectivity index (χ1n) is 7.48. The molecule has 1 aliphatic heterocycles. The highest BCUT2D eigenvalue weighted by Gasteiger charge is 2.34. The van der Waals surface area contributed by atoms with Crippen molar-refractivity contribution in [3.05, 3.63) is 29.8 Å². The average Bonchev–Trinajstić information content (AvgIpc) is 2.53. The number of para-hydroxylation sites is 1. The molecule has 0 aromatic heterocycles. The third-order valence-electron chi connectivity index (χ3n) is 3.99. The van der Waals surface area contributed by atoms with E-state index in [0.717, 1.165) is 6.07 Å². The van der Waals surface area contributed by atoms with Crippen molar-refractivity contribution in [2.75, 3.05) is 25.0 Å². The van der Waals surface area contributed by atoms with E-state index < -0.39 is 11.7 Å². The van der Waals surface area contributed by atoms with Crippen LogP contribution in [-0.2, 0) is 11.0 Å². The van der Waals surface area contributed by atoms with Gasteiger partial charge in [0, 0.05) is 18.9 Å². The molecule has 0 unspecified atom stereocenters. The zero-order valence-electron chi connectivity index (χ0n) is 12.6. The summed E-state index contributed by atoms with van der Waals surface area (Å²) in [5.41, 5.74) is -1.03. The van der Waals surface area contributed by atoms with Gasteiger partial charge in [0.05, 0.1) is 17.3 Å². The van der Waals surface area contributed by atoms with Crippen LogP contribution in [0.1, 0.15) is 24.8 Å². The molecule has 1 fully saturated rings. The Kier molecular flexibility index (Phi) is 5.61. The molecule has 7 heteroatoms. The van der Waals surface area contributed by atoms with Crippen LogP contribution in [0.15, 0.2) is 24.3 Å². The van der Waals surface area contributed by atoms with Crippen molar-refractivity contribution in [1.82, 2.24) is 4.90 Å². The second kappa shape index (κ2) is 7.47. The van der Waals surface area contributed by atoms with Gasteiger partial charge in [-0.3, -0.25) is 4.79 Å². The van der Waals surface area contributed by atoms with E-state index in [9.17, 15) is 18.0 Å². The molecular weight excluding hydrogens is 307 g/mol. The SMILES string of the molecule is N#CCCN1CCC(C(=O)Nc2ccccc2C(F)(F)F)CC1. The lowest BCUT2D eigenvalue weighted by Crippen LogP contribution is -2.38. The zero-order valence-corrected chi connectivity index (χ0v) is 12.6. The Bertz CT molecular complexity index is 587. The smallest absolute Gasteiger partial charge is 0.325 e. The van der Waals surface area contributed by atoms with Gasteiger partial charge in [0.1, 0.15) is 0 Å². The van der Waals surface area contributed by atoms with E-state index in [-0.39, 0.29) is 17.5 Å². The number of carbonyl (C=O) groups excluding carboxylic acids is 1. The van der Waals surface area contributed by atoms with Crippen molar-refractivity contribution in [1.29, 1.82) is 5.26 Å². The molecule has 1 heterocycles. The minimum atomic E-state index is -4.50. The molecule has 0 saturated carbocycles. The Labute approximate surface area is 132 Å². The summed E-state index contributed by atoms with van der Waals surface area (Å²) in [6.07, 6.45) is -2.88. The van der Waals surface area contributed by atoms with Gasteiger partial charge < -0.3 is 10.2 Å². The monoisotopic (exact) mass is 325 g/mol. The summed E-state index contributed by atoms with van der Waals surface area (Å²) in [6, 6.07) is 7.06. The second-order valence-corrected chi connectivity index (χ2v) is 5.56. The highest BCUT2D eigenvalue weighted by Crippen LogP contribution is 2.35. The maximum atomic E-state index is 12.9. The lowest BCUT2D eigenvalue weighted by molar-refractivity contribution is -0.137. The van der Waals surface area contributed by atoms with Crippen molar-refractivity contribution in [2.24, 2.45) is 5.92 Å². The van der Waals surface area contributed by atoms with E-state index in [1.165, 1.54) is 18.2 Å². The fourth-order valence-corrected chi connectivity index (χ4v) is 2.70. The molecule has 1 aromatic carbocycles. The molecule has 0 atom stereocenters. The summed E-state index contributed by atoms with van der Waals surface area (Å²) in [5.74, 6) is -0.670. The Balaban J connectivity index is 1.95. The second-order valence-electron chi connectivity index (χ2n) is 5.56. The number of carbonyl (C=O) groups is 1. The summed E-state index contributed by atoms with van der Waals surface area (Å²) in [4.78, 5) is 14.3. The Morgan fingerprint density at radius 3 is 2.57 bits per heavy atom. The molecular formula is C16H18F3N3O. The van der Waals surface area contributed by atoms with E-state index in [0.29, 0.717) is 38.9 Å². The van der Waals surface area contributed by atoms with Crippen LogP contribution >= 0.6 is 0 Å². The van der Waals surface area contributed by atoms with Crippen LogP contribution in [0, 0.1) is 17.2 Å². The standard InChI is InChI=1S/C16H18F3N3O/c17-16(18,19)13-4-1-2-5-14(13)21-15(23)12-6-10-22(11-7-12)9-3-8-20/h1-2,4-5,12H,3,6-7,9-11H2,(H,21,23). The molecule has 1 N–H and O–H groups in total. The summed E-state index contributed by atoms with van der Waals surface area (Å²) in [7, 11) is 0. The highest BCUT2D eigenvalue weighted by molar-refractivity contribution is 5.93. The summed E-state index contributed by atoms with van der Waals surface area (Å²) >= 11 is 0. The number of amides is 1. The number of halogens is 3. The van der Waals surface area contributed by atoms with Gasteiger partial charge in [-0.1, -0.05) is 12.1 Å². The summed E-state index contributed by atoms with van der Waals surface area (Å²) in [6.45, 7) is 2.03. The van der Waals surface area contributed by atoms with Gasteiger partial charge in [-0.05, 0) is 38.1 Å². The first-order chi connectivity index (χ1) is 10.9. The molecule has 23 heavy (non-hydrogen) atoms. The minimum absolute atomic E-state index is 0.197. The number of nitrogens with one attached hydrogen (secondary N) is 1. The number of hydrogen-bond donors (Lipinski definition) is 1. The Hall–Kier alpha value is -2.07. The molecule has 0 aliphatic carbocycles. The van der Waals surface area contributed by atoms with Crippen LogP contribution in [0.3, 0.4) is 0 Å². The molecule has 4 nitrogen and oxygen atoms in total. The molecule has 1 saturated heterocycles. The van der Waals surface area contributed by atoms with Crippen molar-refractivity contribution in [3.63, 3.8) is 0 Å². The number of benzene rings is 1. The number of nitrogens with zero attached hydrogens (tertiary/aromatic N) is 2. The molecule has 0 bridgehead atoms. The van der Waals surface area contributed by atoms with Crippen LogP contribution in [0.25, 0.3) is 0 Å². The van der Waals surface area contributed by atoms with E-state index in [4.69, 9.17) is 5.26 Å². The van der Waals surface area contributed by atoms with Crippen molar-refractivity contribution < 1.29 is 18.0 Å². The number of piperidine rings is 1. The van der Waals surface area contributed by atoms with Gasteiger partial charge in [-0.15, -0.1) is 0 Å². The van der Waals surface area contributed by atoms with E-state index in [1.807, 2.05) is 0 Å². The van der Waals surface area contributed by atoms with Gasteiger partial charge in [0.15, 0.2) is 0 Å². The van der Waals surface area contributed by atoms with Gasteiger partial charge in [-0.2, -0.15) is 18.4 Å². The quantitative estimate of drug-likeness (QED) is 0.924. The predicted octanol–water partition coefficient (Wildman–Crippen LogP) is 3.27. The number of rotatable bonds is 4. The first kappa shape index (κ1) is 17.3. The molecule has 1 amide bonds. The summed E-state index contributed by atoms with van der Waals surface area (Å²) in [5, 5.41) is 11.0. The topological polar surface area (TPSA) is 56.1 Å². The molecule has 0 spiro atoms. The average molecular weight is 325 g/mol. The van der Waals surface area contributed by atoms with E-state index in [2.05, 4.69) is 16.3 Å². The van der Waals surface area contributed by atoms with E-state index >= 15 is 0 Å². The predicted molar refractivity (Wildman–Crippen MR) is 79.5 cm³/mol. The number of alkyl halides is 3. The fourth-order valence-electron chi connectivity index (χ4n) is 2.70. The lowest BCUT2D eigenvalue weighted by atomic mass is 9.95. The normalized spacial score (nSPS) is 16.8. The van der Waals surface area contributed by atoms with Crippen molar-refractivity contribution >= 4 is 11.6 Å². The largest absolute Gasteiger partial charge is 0.418 e. The van der Waals surface area contributed by atoms with Crippen LogP contribution in [0.2, 0.25) is 0 Å². The summed E-state index contributed by atoms with van der Waals surface area (Å²) < 4.78 is 38.8. The highest BCUT2D eigenvalue weighted by atomic mass is 19.4. The van der Waals surface area contributed by atoms with Crippen LogP contribution in [-0.4, -0.2) is 30.4 Å². The molecule has 1 aliphatic rings. The van der Waals surface area contributed by atoms with E-state index in [1.54, 1.807) is 0 Å². The van der Waals surface area contributed by atoms with Gasteiger partial charge >= 0.3 is 6.18 Å². The molecule has 2 rings (SSSR count). The van der Waals surface area contributed by atoms with Crippen LogP contribution < -0.4 is 5.32 Å². The third-order valence-corrected chi connectivity index (χ3v) is 3.99. The van der Waals surface area contributed by atoms with Crippen LogP contribution in [0.4, 0.5) is 18.9 Å². The number of anilines is 1. The van der Waals surface area contributed by atoms with Gasteiger partial charge in [0.25, 0.3) is 0 Å². The number of likely N-dealkylation sites (tertiary alicyclic amines) is 1. The molecule has 0 radical (unpaired) electrons. The third kappa shape index (κ3) is 4.70. The first-order valence-corrected chi connectivity index (χ1v) is 7.48. The van der Waals surface area contributed by atoms with Gasteiger partial charge in [-0.25, -0.2) is 0 Å². The number of nitriles is 1. The molecule has 1 aromatic rings.